The summed E-state index contributed by atoms with van der Waals surface area (Å²) in [6.07, 6.45) is 2.16. The Morgan fingerprint density at radius 3 is 3.00 bits per heavy atom. The topological polar surface area (TPSA) is 55.1 Å². The number of nitrogens with one attached hydrogen (secondary N) is 1. The average molecular weight is 170 g/mol. The minimum Gasteiger partial charge on any atom is -0.436 e. The van der Waals surface area contributed by atoms with E-state index in [-0.39, 0.29) is 13.1 Å². The Labute approximate surface area is 72.5 Å². The van der Waals surface area contributed by atoms with E-state index in [1.54, 1.807) is 0 Å². The van der Waals surface area contributed by atoms with Crippen molar-refractivity contribution >= 4 is 5.91 Å². The number of hydrogen-bond acceptors (Lipinski definition) is 3. The third-order valence-corrected chi connectivity index (χ3v) is 1.42. The first-order valence-corrected chi connectivity index (χ1v) is 4.00. The fourth-order valence-corrected chi connectivity index (χ4v) is 0.826. The van der Waals surface area contributed by atoms with Crippen molar-refractivity contribution in [2.75, 3.05) is 6.54 Å². The molecule has 4 nitrogen and oxygen atoms in total. The zero-order valence-electron chi connectivity index (χ0n) is 7.26. The van der Waals surface area contributed by atoms with Crippen molar-refractivity contribution in [3.63, 3.8) is 0 Å². The molecular weight excluding hydrogens is 156 g/mol. The molecule has 1 N–H and O–H groups in total. The summed E-state index contributed by atoms with van der Waals surface area (Å²) in [7, 11) is 0. The summed E-state index contributed by atoms with van der Waals surface area (Å²) in [5, 5.41) is 2.63. The van der Waals surface area contributed by atoms with Gasteiger partial charge >= 0.3 is 0 Å². The highest BCUT2D eigenvalue weighted by Gasteiger charge is 2.09. The highest BCUT2D eigenvalue weighted by molar-refractivity contribution is 5.90. The lowest BCUT2D eigenvalue weighted by molar-refractivity contribution is 0.0926. The van der Waals surface area contributed by atoms with Crippen LogP contribution >= 0.6 is 0 Å². The second-order valence-electron chi connectivity index (χ2n) is 2.33. The number of hydrogen-bond donors (Lipinski definition) is 1. The molecule has 1 heterocycles. The number of carbonyl (C=O) groups excluding carboxylic acids is 1. The van der Waals surface area contributed by atoms with E-state index in [1.807, 2.05) is 13.8 Å². The third-order valence-electron chi connectivity index (χ3n) is 1.42. The molecule has 68 valence electrons. The predicted molar refractivity (Wildman–Crippen MR) is 46.0 cm³/mol. The van der Waals surface area contributed by atoms with Crippen LogP contribution in [0.4, 0.5) is 0 Å². The van der Waals surface area contributed by atoms with Crippen molar-refractivity contribution in [3.05, 3.63) is 17.8 Å². The van der Waals surface area contributed by atoms with Crippen LogP contribution in [-0.4, -0.2) is 17.4 Å². The minimum atomic E-state index is -0.204. The van der Waals surface area contributed by atoms with Gasteiger partial charge in [-0.05, 0) is 6.92 Å². The van der Waals surface area contributed by atoms with Crippen LogP contribution in [0.25, 0.3) is 0 Å². The lowest BCUT2D eigenvalue weighted by atomic mass is 10.5. The molecule has 0 aliphatic carbocycles. The summed E-state index contributed by atoms with van der Waals surface area (Å²) < 4.78 is 5.12. The maximum atomic E-state index is 11.1. The smallest absolute Gasteiger partial charge is 0.288 e. The van der Waals surface area contributed by atoms with Gasteiger partial charge in [-0.25, -0.2) is 4.98 Å². The minimum absolute atomic E-state index is 0. The largest absolute Gasteiger partial charge is 0.436 e. The molecule has 1 amide bonds. The summed E-state index contributed by atoms with van der Waals surface area (Å²) in [4.78, 5) is 15.0. The molecule has 1 rings (SSSR count). The molecule has 4 heteroatoms. The number of aromatic nitrogens is 1. The second kappa shape index (κ2) is 3.90. The number of aryl methyl sites for hydroxylation is 1. The number of oxazole rings is 1. The molecule has 0 fully saturated rings. The van der Waals surface area contributed by atoms with Gasteiger partial charge in [-0.3, -0.25) is 4.79 Å². The van der Waals surface area contributed by atoms with E-state index in [9.17, 15) is 4.79 Å². The van der Waals surface area contributed by atoms with Gasteiger partial charge in [0.2, 0.25) is 5.76 Å². The Kier molecular flexibility index (Phi) is 2.85. The maximum Gasteiger partial charge on any atom is 0.288 e. The van der Waals surface area contributed by atoms with Crippen LogP contribution in [0, 0.1) is 0 Å². The Balaban J connectivity index is 0.00000144. The third kappa shape index (κ3) is 1.84. The number of nitrogens with zero attached hydrogens (tertiary/aromatic N) is 1. The van der Waals surface area contributed by atoms with E-state index in [0.29, 0.717) is 18.9 Å². The van der Waals surface area contributed by atoms with Gasteiger partial charge < -0.3 is 9.73 Å². The van der Waals surface area contributed by atoms with Gasteiger partial charge in [0.1, 0.15) is 0 Å². The van der Waals surface area contributed by atoms with Crippen molar-refractivity contribution < 1.29 is 10.6 Å². The van der Waals surface area contributed by atoms with Crippen LogP contribution in [0.1, 0.15) is 31.7 Å². The Hall–Kier alpha value is -1.32. The zero-order chi connectivity index (χ0) is 8.97. The van der Waals surface area contributed by atoms with E-state index in [1.165, 1.54) is 6.20 Å². The number of rotatable bonds is 3. The molecule has 0 saturated heterocycles. The van der Waals surface area contributed by atoms with Gasteiger partial charge in [0.25, 0.3) is 5.91 Å². The molecule has 0 aliphatic heterocycles. The number of carbonyl (C=O) groups is 1. The monoisotopic (exact) mass is 170 g/mol. The Morgan fingerprint density at radius 1 is 1.75 bits per heavy atom. The summed E-state index contributed by atoms with van der Waals surface area (Å²) in [5.74, 6) is 0.676. The highest BCUT2D eigenvalue weighted by atomic mass is 16.4. The molecule has 0 unspecified atom stereocenters. The van der Waals surface area contributed by atoms with E-state index < -0.39 is 0 Å². The van der Waals surface area contributed by atoms with Crippen molar-refractivity contribution in [3.8, 4) is 0 Å². The predicted octanol–water partition coefficient (Wildman–Crippen LogP) is 1.23. The van der Waals surface area contributed by atoms with Crippen LogP contribution in [0.15, 0.2) is 10.6 Å². The highest BCUT2D eigenvalue weighted by Crippen LogP contribution is 2.03. The van der Waals surface area contributed by atoms with Gasteiger partial charge in [0, 0.05) is 14.4 Å². The molecule has 0 spiro atoms. The van der Waals surface area contributed by atoms with Crippen molar-refractivity contribution in [1.29, 1.82) is 0 Å². The normalized spacial score (nSPS) is 9.83. The molecular formula is C8H14N2O2. The molecule has 0 radical (unpaired) electrons. The maximum absolute atomic E-state index is 11.1. The van der Waals surface area contributed by atoms with Gasteiger partial charge in [0.15, 0.2) is 5.89 Å². The van der Waals surface area contributed by atoms with Crippen LogP contribution in [0.2, 0.25) is 0 Å². The average Bonchev–Trinajstić information content (AvgIpc) is 2.52. The summed E-state index contributed by atoms with van der Waals surface area (Å²) in [6, 6.07) is 0. The van der Waals surface area contributed by atoms with Gasteiger partial charge in [-0.1, -0.05) is 6.92 Å². The van der Waals surface area contributed by atoms with Crippen LogP contribution < -0.4 is 5.32 Å². The van der Waals surface area contributed by atoms with Crippen molar-refractivity contribution in [2.45, 2.75) is 20.3 Å². The molecule has 0 aliphatic rings. The van der Waals surface area contributed by atoms with Crippen LogP contribution in [0.3, 0.4) is 0 Å². The SMILES string of the molecule is CCNC(=O)c1cnc(CC)o1.[HH]. The molecule has 0 aromatic carbocycles. The molecule has 0 bridgehead atoms. The first-order chi connectivity index (χ1) is 5.77. The molecule has 1 aromatic rings. The first kappa shape index (κ1) is 8.77. The summed E-state index contributed by atoms with van der Waals surface area (Å²) in [5.41, 5.74) is 0. The standard InChI is InChI=1S/C8H12N2O2.H2/c1-3-7-10-5-6(12-7)8(11)9-4-2;/h5H,3-4H2,1-2H3,(H,9,11);1H. The second-order valence-corrected chi connectivity index (χ2v) is 2.33. The van der Waals surface area contributed by atoms with Gasteiger partial charge in [-0.2, -0.15) is 0 Å². The quantitative estimate of drug-likeness (QED) is 0.742. The lowest BCUT2D eigenvalue weighted by Gasteiger charge is -1.95. The lowest BCUT2D eigenvalue weighted by Crippen LogP contribution is -2.21. The fraction of sp³-hybridized carbons (Fsp3) is 0.500. The molecule has 12 heavy (non-hydrogen) atoms. The summed E-state index contributed by atoms with van der Waals surface area (Å²) in [6.45, 7) is 4.38. The molecule has 0 atom stereocenters. The van der Waals surface area contributed by atoms with E-state index in [0.717, 1.165) is 0 Å². The number of amides is 1. The first-order valence-electron chi connectivity index (χ1n) is 4.00. The fourth-order valence-electron chi connectivity index (χ4n) is 0.826. The molecule has 1 aromatic heterocycles. The van der Waals surface area contributed by atoms with E-state index >= 15 is 0 Å². The van der Waals surface area contributed by atoms with Gasteiger partial charge in [0.05, 0.1) is 6.20 Å². The van der Waals surface area contributed by atoms with Gasteiger partial charge in [-0.15, -0.1) is 0 Å². The van der Waals surface area contributed by atoms with Crippen LogP contribution in [-0.2, 0) is 6.42 Å². The van der Waals surface area contributed by atoms with Crippen molar-refractivity contribution in [1.82, 2.24) is 10.3 Å². The van der Waals surface area contributed by atoms with Crippen LogP contribution in [0.5, 0.6) is 0 Å². The van der Waals surface area contributed by atoms with Crippen molar-refractivity contribution in [2.24, 2.45) is 0 Å². The van der Waals surface area contributed by atoms with E-state index in [4.69, 9.17) is 4.42 Å². The molecule has 0 saturated carbocycles. The summed E-state index contributed by atoms with van der Waals surface area (Å²) >= 11 is 0. The Bertz CT molecular complexity index is 273. The Morgan fingerprint density at radius 2 is 2.50 bits per heavy atom. The van der Waals surface area contributed by atoms with E-state index in [2.05, 4.69) is 10.3 Å². The zero-order valence-corrected chi connectivity index (χ0v) is 7.26.